The topological polar surface area (TPSA) is 480 Å². The highest BCUT2D eigenvalue weighted by atomic mass is 16.4. The first kappa shape index (κ1) is 70.6. The Labute approximate surface area is 464 Å². The molecule has 452 valence electrons. The maximum Gasteiger partial charge on any atom is 0.303 e. The zero-order valence-electron chi connectivity index (χ0n) is 46.4. The van der Waals surface area contributed by atoms with Crippen molar-refractivity contribution >= 4 is 82.9 Å². The van der Waals surface area contributed by atoms with Crippen molar-refractivity contribution in [3.8, 4) is 0 Å². The molecule has 1 rings (SSSR count). The van der Waals surface area contributed by atoms with Crippen LogP contribution in [0.3, 0.4) is 0 Å². The molecule has 0 aliphatic heterocycles. The molecule has 0 radical (unpaired) electrons. The van der Waals surface area contributed by atoms with E-state index in [1.54, 1.807) is 34.6 Å². The van der Waals surface area contributed by atoms with Crippen LogP contribution >= 0.6 is 0 Å². The van der Waals surface area contributed by atoms with Gasteiger partial charge in [0.25, 0.3) is 0 Å². The van der Waals surface area contributed by atoms with Crippen molar-refractivity contribution in [3.63, 3.8) is 0 Å². The number of aliphatic carboxylic acids is 4. The second-order valence-corrected chi connectivity index (χ2v) is 20.6. The lowest BCUT2D eigenvalue weighted by Crippen LogP contribution is -2.60. The van der Waals surface area contributed by atoms with Gasteiger partial charge in [-0.3, -0.25) is 67.1 Å². The van der Waals surface area contributed by atoms with E-state index in [0.29, 0.717) is 12.8 Å². The van der Waals surface area contributed by atoms with Gasteiger partial charge in [0.05, 0.1) is 6.42 Å². The second kappa shape index (κ2) is 37.4. The maximum absolute atomic E-state index is 14.2. The molecule has 1 saturated carbocycles. The summed E-state index contributed by atoms with van der Waals surface area (Å²) in [6.45, 7) is 8.75. The lowest BCUT2D eigenvalue weighted by atomic mass is 10.0. The predicted octanol–water partition coefficient (Wildman–Crippen LogP) is -1.72. The van der Waals surface area contributed by atoms with E-state index in [2.05, 4.69) is 47.9 Å². The molecule has 0 heterocycles. The average Bonchev–Trinajstić information content (AvgIpc) is 4.19. The summed E-state index contributed by atoms with van der Waals surface area (Å²) in [5, 5.41) is 59.8. The Bertz CT molecular complexity index is 2160. The van der Waals surface area contributed by atoms with E-state index in [1.165, 1.54) is 0 Å². The Hall–Kier alpha value is -7.46. The molecule has 80 heavy (non-hydrogen) atoms. The molecule has 1 fully saturated rings. The highest BCUT2D eigenvalue weighted by molar-refractivity contribution is 5.98. The fourth-order valence-electron chi connectivity index (χ4n) is 8.00. The normalized spacial score (nSPS) is 14.9. The first-order valence-electron chi connectivity index (χ1n) is 27.1. The Morgan fingerprint density at radius 1 is 0.412 bits per heavy atom. The summed E-state index contributed by atoms with van der Waals surface area (Å²) in [4.78, 5) is 181. The van der Waals surface area contributed by atoms with Gasteiger partial charge in [0, 0.05) is 38.1 Å². The van der Waals surface area contributed by atoms with Crippen LogP contribution in [-0.2, 0) is 67.1 Å². The molecule has 0 unspecified atom stereocenters. The van der Waals surface area contributed by atoms with E-state index >= 15 is 0 Å². The number of unbranched alkanes of at least 4 members (excludes halogenated alkanes) is 2. The van der Waals surface area contributed by atoms with Crippen molar-refractivity contribution in [2.45, 2.75) is 217 Å². The number of rotatable bonds is 43. The second-order valence-electron chi connectivity index (χ2n) is 20.6. The zero-order valence-corrected chi connectivity index (χ0v) is 46.4. The number of nitrogens with two attached hydrogens (primary N) is 2. The summed E-state index contributed by atoms with van der Waals surface area (Å²) < 4.78 is 0. The largest absolute Gasteiger partial charge is 0.481 e. The van der Waals surface area contributed by atoms with Gasteiger partial charge in [-0.2, -0.15) is 0 Å². The van der Waals surface area contributed by atoms with Crippen molar-refractivity contribution in [2.24, 2.45) is 23.3 Å². The summed E-state index contributed by atoms with van der Waals surface area (Å²) in [6.07, 6.45) is -2.25. The van der Waals surface area contributed by atoms with Gasteiger partial charge in [-0.25, -0.2) is 0 Å². The predicted molar refractivity (Wildman–Crippen MR) is 284 cm³/mol. The molecular formula is C51H85N11O18. The minimum absolute atomic E-state index is 0.0302. The van der Waals surface area contributed by atoms with Crippen molar-refractivity contribution in [3.05, 3.63) is 0 Å². The molecule has 0 bridgehead atoms. The van der Waals surface area contributed by atoms with Gasteiger partial charge in [0.2, 0.25) is 59.1 Å². The third kappa shape index (κ3) is 30.6. The number of carbonyl (C=O) groups is 14. The van der Waals surface area contributed by atoms with Crippen LogP contribution in [0, 0.1) is 11.8 Å². The fourth-order valence-corrected chi connectivity index (χ4v) is 8.00. The molecule has 0 aromatic heterocycles. The van der Waals surface area contributed by atoms with Crippen molar-refractivity contribution in [2.75, 3.05) is 6.54 Å². The lowest BCUT2D eigenvalue weighted by molar-refractivity contribution is -0.140. The van der Waals surface area contributed by atoms with E-state index in [-0.39, 0.29) is 56.9 Å². The molecule has 1 aliphatic carbocycles. The van der Waals surface area contributed by atoms with E-state index < -0.39 is 202 Å². The van der Waals surface area contributed by atoms with E-state index in [0.717, 1.165) is 12.8 Å². The van der Waals surface area contributed by atoms with Crippen LogP contribution in [0.25, 0.3) is 0 Å². The minimum Gasteiger partial charge on any atom is -0.481 e. The van der Waals surface area contributed by atoms with Crippen LogP contribution in [0.5, 0.6) is 0 Å². The number of carboxylic acids is 4. The van der Waals surface area contributed by atoms with Gasteiger partial charge >= 0.3 is 23.9 Å². The molecule has 0 spiro atoms. The van der Waals surface area contributed by atoms with Crippen LogP contribution < -0.4 is 59.3 Å². The molecule has 29 nitrogen and oxygen atoms in total. The van der Waals surface area contributed by atoms with Gasteiger partial charge in [0.15, 0.2) is 0 Å². The van der Waals surface area contributed by atoms with E-state index in [9.17, 15) is 82.4 Å². The van der Waals surface area contributed by atoms with Crippen LogP contribution in [0.15, 0.2) is 0 Å². The number of primary amides is 1. The van der Waals surface area contributed by atoms with Crippen molar-refractivity contribution in [1.82, 2.24) is 47.9 Å². The number of hydrogen-bond acceptors (Lipinski definition) is 15. The average molecular weight is 1140 g/mol. The maximum atomic E-state index is 14.2. The highest BCUT2D eigenvalue weighted by Crippen LogP contribution is 2.33. The molecule has 29 heteroatoms. The molecular weight excluding hydrogens is 1050 g/mol. The van der Waals surface area contributed by atoms with Crippen LogP contribution in [0.4, 0.5) is 0 Å². The van der Waals surface area contributed by atoms with Gasteiger partial charge in [-0.15, -0.1) is 0 Å². The summed E-state index contributed by atoms with van der Waals surface area (Å²) >= 11 is 0. The quantitative estimate of drug-likeness (QED) is 0.0302. The Kier molecular flexibility index (Phi) is 33.0. The monoisotopic (exact) mass is 1140 g/mol. The standard InChI is InChI=1S/C51H85N11O18/c1-6-7-10-30(45(74)60-34(16-21-41(67)68)49(78)61-35(17-22-42(69)70)48(77)59-33(15-20-40(65)66)44(73)54-28(4)5)56-47(76)32(14-18-38(53)63)58-46(75)31(11-8-9-24-52)57-51(80)37(26-29-12-13-29)62-50(79)36(25-27(2)3)55-39(64)19-23-43(71)72/h27-37H,6-26,52H2,1-5H3,(H2,53,63)(H,54,73)(H,55,64)(H,56,76)(H,57,80)(H,58,75)(H,59,77)(H,60,74)(H,61,78)(H,62,79)(H,65,66)(H,67,68)(H,69,70)(H,71,72)/t30-,31-,32-,33-,34-,35-,36-,37+/m0/s1. The third-order valence-corrected chi connectivity index (χ3v) is 12.5. The van der Waals surface area contributed by atoms with Crippen LogP contribution in [0.2, 0.25) is 0 Å². The lowest BCUT2D eigenvalue weighted by Gasteiger charge is -2.28. The number of carbonyl (C=O) groups excluding carboxylic acids is 10. The molecule has 0 saturated heterocycles. The van der Waals surface area contributed by atoms with Crippen molar-refractivity contribution in [1.29, 1.82) is 0 Å². The molecule has 0 aromatic carbocycles. The van der Waals surface area contributed by atoms with Crippen LogP contribution in [0.1, 0.15) is 163 Å². The van der Waals surface area contributed by atoms with Crippen LogP contribution in [-0.4, -0.2) is 164 Å². The highest BCUT2D eigenvalue weighted by Gasteiger charge is 2.37. The van der Waals surface area contributed by atoms with Crippen molar-refractivity contribution < 1.29 is 87.5 Å². The SMILES string of the molecule is CCCC[C@H](NC(=O)[C@H](CCC(N)=O)NC(=O)[C@H](CCCCN)NC(=O)[C@@H](CC1CC1)NC(=O)[C@H](CC(C)C)NC(=O)CCC(=O)O)C(=O)N[C@@H](CCC(=O)O)C(=O)N[C@@H](CCC(=O)O)C(=O)N[C@@H](CCC(=O)O)C(=O)NC(C)C. The van der Waals surface area contributed by atoms with Gasteiger partial charge in [0.1, 0.15) is 48.3 Å². The Balaban J connectivity index is 3.56. The third-order valence-electron chi connectivity index (χ3n) is 12.5. The smallest absolute Gasteiger partial charge is 0.303 e. The number of nitrogens with one attached hydrogen (secondary N) is 9. The summed E-state index contributed by atoms with van der Waals surface area (Å²) in [5.41, 5.74) is 11.2. The summed E-state index contributed by atoms with van der Waals surface area (Å²) in [6, 6.07) is -12.2. The molecule has 1 aliphatic rings. The van der Waals surface area contributed by atoms with Gasteiger partial charge < -0.3 is 79.7 Å². The number of hydrogen-bond donors (Lipinski definition) is 15. The Morgan fingerprint density at radius 3 is 1.09 bits per heavy atom. The summed E-state index contributed by atoms with van der Waals surface area (Å²) in [5.74, 6) is -14.5. The van der Waals surface area contributed by atoms with Gasteiger partial charge in [-0.1, -0.05) is 46.5 Å². The molecule has 0 aromatic rings. The first-order chi connectivity index (χ1) is 37.6. The number of carboxylic acid groups (broad SMARTS) is 4. The Morgan fingerprint density at radius 2 is 0.750 bits per heavy atom. The minimum atomic E-state index is -1.76. The first-order valence-corrected chi connectivity index (χ1v) is 27.1. The molecule has 8 atom stereocenters. The van der Waals surface area contributed by atoms with E-state index in [4.69, 9.17) is 16.6 Å². The van der Waals surface area contributed by atoms with Gasteiger partial charge in [-0.05, 0) is 96.4 Å². The zero-order chi connectivity index (χ0) is 60.6. The molecule has 17 N–H and O–H groups in total. The summed E-state index contributed by atoms with van der Waals surface area (Å²) in [7, 11) is 0. The van der Waals surface area contributed by atoms with E-state index in [1.807, 2.05) is 0 Å². The molecule has 10 amide bonds. The number of amides is 10. The fraction of sp³-hybridized carbons (Fsp3) is 0.725.